The average molecular weight is 595 g/mol. The quantitative estimate of drug-likeness (QED) is 0.206. The van der Waals surface area contributed by atoms with Crippen LogP contribution in [0, 0.1) is 22.9 Å². The Bertz CT molecular complexity index is 2110. The molecule has 1 aliphatic heterocycles. The lowest BCUT2D eigenvalue weighted by atomic mass is 9.94. The highest BCUT2D eigenvalue weighted by Crippen LogP contribution is 2.31. The molecular formula is C32H23FN4O5S. The first-order chi connectivity index (χ1) is 20.7. The Kier molecular flexibility index (Phi) is 7.16. The summed E-state index contributed by atoms with van der Waals surface area (Å²) < 4.78 is 21.5. The van der Waals surface area contributed by atoms with Crippen LogP contribution in [0.5, 0.6) is 0 Å². The third-order valence-corrected chi connectivity index (χ3v) is 8.00. The van der Waals surface area contributed by atoms with Crippen molar-refractivity contribution in [1.29, 1.82) is 0 Å². The smallest absolute Gasteiger partial charge is 0.305 e. The lowest BCUT2D eigenvalue weighted by Crippen LogP contribution is -2.40. The number of nitrogens with one attached hydrogen (secondary N) is 1. The molecule has 0 spiro atoms. The zero-order valence-electron chi connectivity index (χ0n) is 22.9. The van der Waals surface area contributed by atoms with Crippen LogP contribution in [0.3, 0.4) is 0 Å². The van der Waals surface area contributed by atoms with E-state index in [9.17, 15) is 24.1 Å². The summed E-state index contributed by atoms with van der Waals surface area (Å²) >= 11 is 1.16. The summed E-state index contributed by atoms with van der Waals surface area (Å²) in [7, 11) is 0. The minimum atomic E-state index is -0.947. The van der Waals surface area contributed by atoms with Crippen LogP contribution in [0.4, 0.5) is 15.8 Å². The van der Waals surface area contributed by atoms with Gasteiger partial charge in [-0.15, -0.1) is 0 Å². The van der Waals surface area contributed by atoms with E-state index in [1.54, 1.807) is 37.3 Å². The number of amides is 1. The number of nitro groups is 1. The first-order valence-corrected chi connectivity index (χ1v) is 14.0. The van der Waals surface area contributed by atoms with Crippen molar-refractivity contribution in [1.82, 2.24) is 4.57 Å². The van der Waals surface area contributed by atoms with Gasteiger partial charge in [-0.05, 0) is 55.8 Å². The third-order valence-electron chi connectivity index (χ3n) is 7.02. The molecule has 1 N–H and O–H groups in total. The van der Waals surface area contributed by atoms with E-state index >= 15 is 0 Å². The molecule has 1 amide bonds. The first-order valence-electron chi connectivity index (χ1n) is 13.2. The number of carbonyl (C=O) groups is 1. The van der Waals surface area contributed by atoms with Crippen LogP contribution in [-0.2, 0) is 4.79 Å². The molecular weight excluding hydrogens is 571 g/mol. The number of para-hydroxylation sites is 1. The molecule has 0 unspecified atom stereocenters. The van der Waals surface area contributed by atoms with Crippen LogP contribution in [-0.4, -0.2) is 15.4 Å². The standard InChI is InChI=1S/C32H23FN4O5S/c1-18-8-10-20(11-9-18)29-28(30(38)35-22-6-4-3-5-7-22)19(2)34-32-36(29)31(39)27(43-32)17-23-13-15-26(42-23)21-12-14-24(33)25(16-21)37(40)41/h3-17,29H,1-2H3,(H,35,38)/b27-17-/t29-/m0/s1. The van der Waals surface area contributed by atoms with Gasteiger partial charge in [-0.25, -0.2) is 4.99 Å². The molecule has 0 fully saturated rings. The second kappa shape index (κ2) is 11.1. The maximum absolute atomic E-state index is 13.9. The van der Waals surface area contributed by atoms with Crippen molar-refractivity contribution in [3.8, 4) is 11.3 Å². The Morgan fingerprint density at radius 3 is 2.53 bits per heavy atom. The summed E-state index contributed by atoms with van der Waals surface area (Å²) in [5, 5.41) is 14.1. The molecule has 3 aromatic carbocycles. The van der Waals surface area contributed by atoms with Crippen molar-refractivity contribution >= 4 is 34.7 Å². The number of aryl methyl sites for hydroxylation is 1. The first kappa shape index (κ1) is 27.7. The highest BCUT2D eigenvalue weighted by molar-refractivity contribution is 7.07. The second-order valence-electron chi connectivity index (χ2n) is 9.94. The predicted octanol–water partition coefficient (Wildman–Crippen LogP) is 5.49. The van der Waals surface area contributed by atoms with E-state index in [-0.39, 0.29) is 17.2 Å². The van der Waals surface area contributed by atoms with Gasteiger partial charge in [0.15, 0.2) is 4.80 Å². The van der Waals surface area contributed by atoms with Crippen LogP contribution in [0.15, 0.2) is 110 Å². The van der Waals surface area contributed by atoms with Gasteiger partial charge >= 0.3 is 5.69 Å². The summed E-state index contributed by atoms with van der Waals surface area (Å²) in [6.07, 6.45) is 1.56. The Morgan fingerprint density at radius 1 is 1.07 bits per heavy atom. The molecule has 3 heterocycles. The number of carbonyl (C=O) groups excluding carboxylic acids is 1. The second-order valence-corrected chi connectivity index (χ2v) is 10.9. The molecule has 1 aliphatic rings. The molecule has 0 saturated carbocycles. The number of allylic oxidation sites excluding steroid dienone is 1. The monoisotopic (exact) mass is 594 g/mol. The number of hydrogen-bond donors (Lipinski definition) is 1. The van der Waals surface area contributed by atoms with Gasteiger partial charge in [-0.3, -0.25) is 24.3 Å². The third kappa shape index (κ3) is 5.33. The van der Waals surface area contributed by atoms with Crippen molar-refractivity contribution in [3.63, 3.8) is 0 Å². The number of anilines is 1. The van der Waals surface area contributed by atoms with E-state index in [1.807, 2.05) is 49.4 Å². The fraction of sp³-hybridized carbons (Fsp3) is 0.0938. The van der Waals surface area contributed by atoms with Gasteiger partial charge in [-0.1, -0.05) is 59.4 Å². The van der Waals surface area contributed by atoms with Gasteiger partial charge in [0, 0.05) is 23.4 Å². The van der Waals surface area contributed by atoms with Crippen LogP contribution in [0.1, 0.15) is 29.9 Å². The largest absolute Gasteiger partial charge is 0.457 e. The van der Waals surface area contributed by atoms with Gasteiger partial charge in [0.1, 0.15) is 11.5 Å². The number of thiazole rings is 1. The van der Waals surface area contributed by atoms with E-state index in [4.69, 9.17) is 4.42 Å². The van der Waals surface area contributed by atoms with Crippen LogP contribution >= 0.6 is 11.3 Å². The number of hydrogen-bond acceptors (Lipinski definition) is 7. The highest BCUT2D eigenvalue weighted by Gasteiger charge is 2.32. The molecule has 214 valence electrons. The maximum Gasteiger partial charge on any atom is 0.305 e. The summed E-state index contributed by atoms with van der Waals surface area (Å²) in [5.74, 6) is -0.722. The number of nitro benzene ring substituents is 1. The topological polar surface area (TPSA) is 120 Å². The van der Waals surface area contributed by atoms with Crippen LogP contribution in [0.2, 0.25) is 0 Å². The van der Waals surface area contributed by atoms with Crippen molar-refractivity contribution in [3.05, 3.63) is 149 Å². The summed E-state index contributed by atoms with van der Waals surface area (Å²) in [6, 6.07) is 22.7. The fourth-order valence-electron chi connectivity index (χ4n) is 4.92. The van der Waals surface area contributed by atoms with Crippen molar-refractivity contribution < 1.29 is 18.5 Å². The molecule has 0 aliphatic carbocycles. The normalized spacial score (nSPS) is 14.8. The molecule has 0 radical (unpaired) electrons. The number of fused-ring (bicyclic) bond motifs is 1. The Balaban J connectivity index is 1.43. The van der Waals surface area contributed by atoms with Crippen molar-refractivity contribution in [2.24, 2.45) is 4.99 Å². The van der Waals surface area contributed by atoms with E-state index in [1.165, 1.54) is 10.6 Å². The zero-order chi connectivity index (χ0) is 30.2. The lowest BCUT2D eigenvalue weighted by molar-refractivity contribution is -0.387. The van der Waals surface area contributed by atoms with Gasteiger partial charge in [0.05, 0.1) is 26.8 Å². The maximum atomic E-state index is 13.9. The molecule has 0 bridgehead atoms. The van der Waals surface area contributed by atoms with E-state index in [0.717, 1.165) is 34.6 Å². The molecule has 6 rings (SSSR count). The zero-order valence-corrected chi connectivity index (χ0v) is 23.7. The summed E-state index contributed by atoms with van der Waals surface area (Å²) in [4.78, 5) is 43.0. The molecule has 5 aromatic rings. The lowest BCUT2D eigenvalue weighted by Gasteiger charge is -2.25. The van der Waals surface area contributed by atoms with Crippen LogP contribution in [0.25, 0.3) is 17.4 Å². The SMILES string of the molecule is CC1=C(C(=O)Nc2ccccc2)[C@H](c2ccc(C)cc2)n2c(s/c(=C\c3ccc(-c4ccc(F)c([N+](=O)[O-])c4)o3)c2=O)=N1. The van der Waals surface area contributed by atoms with E-state index in [0.29, 0.717) is 37.6 Å². The predicted molar refractivity (Wildman–Crippen MR) is 161 cm³/mol. The molecule has 9 nitrogen and oxygen atoms in total. The summed E-state index contributed by atoms with van der Waals surface area (Å²) in [6.45, 7) is 3.71. The number of halogens is 1. The van der Waals surface area contributed by atoms with E-state index in [2.05, 4.69) is 10.3 Å². The van der Waals surface area contributed by atoms with Gasteiger partial charge in [0.2, 0.25) is 5.82 Å². The number of nitrogens with zero attached hydrogens (tertiary/aromatic N) is 3. The molecule has 0 saturated heterocycles. The van der Waals surface area contributed by atoms with Crippen molar-refractivity contribution in [2.75, 3.05) is 5.32 Å². The number of aromatic nitrogens is 1. The Labute approximate surface area is 247 Å². The molecule has 43 heavy (non-hydrogen) atoms. The van der Waals surface area contributed by atoms with Gasteiger partial charge in [0.25, 0.3) is 11.5 Å². The van der Waals surface area contributed by atoms with Gasteiger partial charge < -0.3 is 9.73 Å². The summed E-state index contributed by atoms with van der Waals surface area (Å²) in [5.41, 5.74) is 2.54. The fourth-order valence-corrected chi connectivity index (χ4v) is 5.94. The minimum Gasteiger partial charge on any atom is -0.457 e. The highest BCUT2D eigenvalue weighted by atomic mass is 32.1. The Morgan fingerprint density at radius 2 is 1.81 bits per heavy atom. The van der Waals surface area contributed by atoms with Gasteiger partial charge in [-0.2, -0.15) is 4.39 Å². The average Bonchev–Trinajstić information content (AvgIpc) is 3.57. The number of rotatable bonds is 6. The van der Waals surface area contributed by atoms with Crippen LogP contribution < -0.4 is 20.2 Å². The molecule has 1 atom stereocenters. The van der Waals surface area contributed by atoms with Crippen molar-refractivity contribution in [2.45, 2.75) is 19.9 Å². The number of benzene rings is 3. The minimum absolute atomic E-state index is 0.273. The molecule has 2 aromatic heterocycles. The molecule has 11 heteroatoms. The Hall–Kier alpha value is -5.42. The van der Waals surface area contributed by atoms with E-state index < -0.39 is 22.5 Å². The number of furan rings is 1.